The summed E-state index contributed by atoms with van der Waals surface area (Å²) < 4.78 is 5.14. The van der Waals surface area contributed by atoms with Gasteiger partial charge in [0.2, 0.25) is 0 Å². The van der Waals surface area contributed by atoms with Gasteiger partial charge in [0.1, 0.15) is 0 Å². The molecule has 0 aliphatic rings. The van der Waals surface area contributed by atoms with Gasteiger partial charge in [-0.05, 0) is 38.5 Å². The Morgan fingerprint density at radius 2 is 1.52 bits per heavy atom. The van der Waals surface area contributed by atoms with Crippen LogP contribution in [0.4, 0.5) is 0 Å². The molecule has 0 atom stereocenters. The fourth-order valence-corrected chi connectivity index (χ4v) is 2.13. The smallest absolute Gasteiger partial charge is 0.305 e. The number of carbonyl (C=O) groups excluding carboxylic acids is 1. The van der Waals surface area contributed by atoms with Crippen LogP contribution in [-0.4, -0.2) is 12.6 Å². The second-order valence-electron chi connectivity index (χ2n) is 5.57. The van der Waals surface area contributed by atoms with E-state index in [4.69, 9.17) is 4.74 Å². The van der Waals surface area contributed by atoms with Crippen molar-refractivity contribution in [1.29, 1.82) is 0 Å². The summed E-state index contributed by atoms with van der Waals surface area (Å²) in [7, 11) is 0. The van der Waals surface area contributed by atoms with Crippen LogP contribution < -0.4 is 0 Å². The van der Waals surface area contributed by atoms with E-state index in [1.165, 1.54) is 38.5 Å². The van der Waals surface area contributed by atoms with Crippen molar-refractivity contribution in [1.82, 2.24) is 0 Å². The lowest BCUT2D eigenvalue weighted by atomic mass is 10.1. The van der Waals surface area contributed by atoms with Gasteiger partial charge in [0, 0.05) is 6.42 Å². The second kappa shape index (κ2) is 17.0. The van der Waals surface area contributed by atoms with Crippen LogP contribution in [0.1, 0.15) is 84.0 Å². The van der Waals surface area contributed by atoms with Crippen molar-refractivity contribution in [3.8, 4) is 0 Å². The van der Waals surface area contributed by atoms with Gasteiger partial charge in [0.05, 0.1) is 6.61 Å². The van der Waals surface area contributed by atoms with Crippen molar-refractivity contribution in [2.45, 2.75) is 84.0 Å². The van der Waals surface area contributed by atoms with Crippen molar-refractivity contribution in [3.05, 3.63) is 24.8 Å². The molecular weight excluding hydrogens is 260 g/mol. The minimum absolute atomic E-state index is 0.0540. The van der Waals surface area contributed by atoms with Gasteiger partial charge in [0.15, 0.2) is 0 Å². The molecule has 0 heterocycles. The highest BCUT2D eigenvalue weighted by molar-refractivity contribution is 5.69. The van der Waals surface area contributed by atoms with Gasteiger partial charge in [-0.2, -0.15) is 0 Å². The molecule has 2 heteroatoms. The number of unbranched alkanes of at least 4 members (excludes halogenated alkanes) is 8. The molecule has 0 bridgehead atoms. The third-order valence-electron chi connectivity index (χ3n) is 3.48. The molecule has 21 heavy (non-hydrogen) atoms. The van der Waals surface area contributed by atoms with E-state index in [-0.39, 0.29) is 5.97 Å². The van der Waals surface area contributed by atoms with Crippen molar-refractivity contribution >= 4 is 5.97 Å². The Morgan fingerprint density at radius 1 is 0.905 bits per heavy atom. The van der Waals surface area contributed by atoms with Gasteiger partial charge >= 0.3 is 5.97 Å². The van der Waals surface area contributed by atoms with Crippen LogP contribution in [0.25, 0.3) is 0 Å². The highest BCUT2D eigenvalue weighted by atomic mass is 16.5. The first-order valence-electron chi connectivity index (χ1n) is 8.72. The molecule has 122 valence electrons. The predicted octanol–water partition coefficient (Wildman–Crippen LogP) is 5.97. The lowest BCUT2D eigenvalue weighted by molar-refractivity contribution is -0.143. The van der Waals surface area contributed by atoms with Crippen molar-refractivity contribution < 1.29 is 9.53 Å². The van der Waals surface area contributed by atoms with Crippen molar-refractivity contribution in [2.24, 2.45) is 0 Å². The summed E-state index contributed by atoms with van der Waals surface area (Å²) in [4.78, 5) is 11.3. The maximum absolute atomic E-state index is 11.3. The van der Waals surface area contributed by atoms with Gasteiger partial charge in [-0.15, -0.1) is 6.58 Å². The summed E-state index contributed by atoms with van der Waals surface area (Å²) >= 11 is 0. The number of rotatable bonds is 15. The van der Waals surface area contributed by atoms with Gasteiger partial charge in [-0.3, -0.25) is 4.79 Å². The molecular formula is C19H34O2. The summed E-state index contributed by atoms with van der Waals surface area (Å²) in [5.41, 5.74) is 0. The zero-order valence-corrected chi connectivity index (χ0v) is 13.9. The summed E-state index contributed by atoms with van der Waals surface area (Å²) in [5.74, 6) is -0.0540. The average Bonchev–Trinajstić information content (AvgIpc) is 2.49. The van der Waals surface area contributed by atoms with E-state index in [2.05, 4.69) is 25.7 Å². The Hall–Kier alpha value is -1.05. The second-order valence-corrected chi connectivity index (χ2v) is 5.57. The number of hydrogen-bond acceptors (Lipinski definition) is 2. The molecule has 0 unspecified atom stereocenters. The normalized spacial score (nSPS) is 10.9. The van der Waals surface area contributed by atoms with Gasteiger partial charge in [0.25, 0.3) is 0 Å². The molecule has 0 amide bonds. The number of esters is 1. The van der Waals surface area contributed by atoms with Gasteiger partial charge in [-0.25, -0.2) is 0 Å². The number of carbonyl (C=O) groups is 1. The van der Waals surface area contributed by atoms with Crippen LogP contribution >= 0.6 is 0 Å². The monoisotopic (exact) mass is 294 g/mol. The molecule has 0 aliphatic carbocycles. The highest BCUT2D eigenvalue weighted by Gasteiger charge is 1.99. The maximum Gasteiger partial charge on any atom is 0.305 e. The highest BCUT2D eigenvalue weighted by Crippen LogP contribution is 2.09. The molecule has 0 aromatic rings. The average molecular weight is 294 g/mol. The summed E-state index contributed by atoms with van der Waals surface area (Å²) in [5, 5.41) is 0. The Labute approximate surface area is 131 Å². The molecule has 0 aliphatic heterocycles. The minimum atomic E-state index is -0.0540. The van der Waals surface area contributed by atoms with E-state index < -0.39 is 0 Å². The van der Waals surface area contributed by atoms with E-state index >= 15 is 0 Å². The minimum Gasteiger partial charge on any atom is -0.465 e. The topological polar surface area (TPSA) is 26.3 Å². The van der Waals surface area contributed by atoms with E-state index in [9.17, 15) is 4.79 Å². The molecule has 0 aromatic heterocycles. The van der Waals surface area contributed by atoms with Gasteiger partial charge in [-0.1, -0.05) is 57.3 Å². The van der Waals surface area contributed by atoms with Crippen LogP contribution in [0.5, 0.6) is 0 Å². The number of allylic oxidation sites excluding steroid dienone is 2. The zero-order chi connectivity index (χ0) is 15.6. The third-order valence-corrected chi connectivity index (χ3v) is 3.48. The fourth-order valence-electron chi connectivity index (χ4n) is 2.13. The van der Waals surface area contributed by atoms with Crippen LogP contribution in [-0.2, 0) is 9.53 Å². The van der Waals surface area contributed by atoms with Gasteiger partial charge < -0.3 is 4.74 Å². The Bertz CT molecular complexity index is 269. The standard InChI is InChI=1S/C19H34O2/c1-3-5-7-8-9-10-11-12-13-14-15-16-18-21-19(20)17-6-4-2/h3,14-15H,1,4-13,16-18H2,2H3/b15-14+. The molecule has 0 rings (SSSR count). The largest absolute Gasteiger partial charge is 0.465 e. The molecule has 0 saturated carbocycles. The zero-order valence-electron chi connectivity index (χ0n) is 13.9. The van der Waals surface area contributed by atoms with Crippen molar-refractivity contribution in [3.63, 3.8) is 0 Å². The Morgan fingerprint density at radius 3 is 2.19 bits per heavy atom. The first-order chi connectivity index (χ1) is 10.3. The van der Waals surface area contributed by atoms with E-state index in [1.807, 2.05) is 6.08 Å². The van der Waals surface area contributed by atoms with Crippen LogP contribution in [0, 0.1) is 0 Å². The van der Waals surface area contributed by atoms with E-state index in [0.717, 1.165) is 32.1 Å². The summed E-state index contributed by atoms with van der Waals surface area (Å²) in [6, 6.07) is 0. The molecule has 0 spiro atoms. The van der Waals surface area contributed by atoms with Crippen LogP contribution in [0.2, 0.25) is 0 Å². The summed E-state index contributed by atoms with van der Waals surface area (Å²) in [6.45, 7) is 6.35. The van der Waals surface area contributed by atoms with Crippen LogP contribution in [0.15, 0.2) is 24.8 Å². The van der Waals surface area contributed by atoms with Crippen LogP contribution in [0.3, 0.4) is 0 Å². The van der Waals surface area contributed by atoms with E-state index in [0.29, 0.717) is 13.0 Å². The molecule has 0 radical (unpaired) electrons. The van der Waals surface area contributed by atoms with E-state index in [1.54, 1.807) is 0 Å². The molecule has 0 saturated heterocycles. The molecule has 2 nitrogen and oxygen atoms in total. The third kappa shape index (κ3) is 16.9. The number of hydrogen-bond donors (Lipinski definition) is 0. The SMILES string of the molecule is C=CCCCCCCCC/C=C/CCOC(=O)CCCC. The Kier molecular flexibility index (Phi) is 16.2. The first kappa shape index (κ1) is 19.9. The maximum atomic E-state index is 11.3. The first-order valence-corrected chi connectivity index (χ1v) is 8.72. The molecule has 0 N–H and O–H groups in total. The molecule has 0 fully saturated rings. The Balaban J connectivity index is 3.18. The quantitative estimate of drug-likeness (QED) is 0.211. The van der Waals surface area contributed by atoms with Crippen molar-refractivity contribution in [2.75, 3.05) is 6.61 Å². The molecule has 0 aromatic carbocycles. The lowest BCUT2D eigenvalue weighted by Crippen LogP contribution is -2.04. The fraction of sp³-hybridized carbons (Fsp3) is 0.737. The lowest BCUT2D eigenvalue weighted by Gasteiger charge is -2.01. The predicted molar refractivity (Wildman–Crippen MR) is 91.4 cm³/mol. The summed E-state index contributed by atoms with van der Waals surface area (Å²) in [6.07, 6.45) is 20.0. The number of ether oxygens (including phenoxy) is 1.